The number of carboxylic acid groups (broad SMARTS) is 1. The molecule has 0 heterocycles. The molecular formula is C14H17ClN2O3. The number of benzene rings is 1. The van der Waals surface area contributed by atoms with Gasteiger partial charge in [-0.25, -0.2) is 4.79 Å². The van der Waals surface area contributed by atoms with Gasteiger partial charge in [0.25, 0.3) is 0 Å². The van der Waals surface area contributed by atoms with Crippen LogP contribution in [0.3, 0.4) is 0 Å². The van der Waals surface area contributed by atoms with Gasteiger partial charge in [0.15, 0.2) is 0 Å². The molecule has 0 bridgehead atoms. The Bertz CT molecular complexity index is 486. The van der Waals surface area contributed by atoms with E-state index in [4.69, 9.17) is 16.7 Å². The van der Waals surface area contributed by atoms with Crippen molar-refractivity contribution in [3.63, 3.8) is 0 Å². The lowest BCUT2D eigenvalue weighted by Gasteiger charge is -2.16. The molecule has 108 valence electrons. The number of carbonyl (C=O) groups excluding carboxylic acids is 1. The van der Waals surface area contributed by atoms with Crippen molar-refractivity contribution in [2.45, 2.75) is 31.8 Å². The minimum absolute atomic E-state index is 0.0287. The van der Waals surface area contributed by atoms with Crippen LogP contribution in [0.25, 0.3) is 0 Å². The molecule has 1 fully saturated rings. The van der Waals surface area contributed by atoms with Crippen LogP contribution in [-0.4, -0.2) is 23.1 Å². The van der Waals surface area contributed by atoms with Gasteiger partial charge in [-0.1, -0.05) is 23.7 Å². The minimum Gasteiger partial charge on any atom is -0.481 e. The third-order valence-electron chi connectivity index (χ3n) is 3.27. The Balaban J connectivity index is 1.79. The Morgan fingerprint density at radius 2 is 1.95 bits per heavy atom. The number of hydrogen-bond acceptors (Lipinski definition) is 2. The molecule has 6 heteroatoms. The molecule has 0 spiro atoms. The summed E-state index contributed by atoms with van der Waals surface area (Å²) in [5, 5.41) is 14.9. The third-order valence-corrected chi connectivity index (χ3v) is 3.52. The Morgan fingerprint density at radius 3 is 2.50 bits per heavy atom. The summed E-state index contributed by atoms with van der Waals surface area (Å²) in [7, 11) is 0. The fraction of sp³-hybridized carbons (Fsp3) is 0.429. The van der Waals surface area contributed by atoms with Crippen molar-refractivity contribution in [2.24, 2.45) is 5.92 Å². The lowest BCUT2D eigenvalue weighted by molar-refractivity contribution is -0.137. The normalized spacial score (nSPS) is 15.4. The first-order chi connectivity index (χ1) is 9.54. The molecule has 3 N–H and O–H groups in total. The Kier molecular flexibility index (Phi) is 4.84. The molecule has 0 saturated heterocycles. The number of amides is 2. The molecule has 1 atom stereocenters. The summed E-state index contributed by atoms with van der Waals surface area (Å²) in [4.78, 5) is 22.5. The Hall–Kier alpha value is -1.75. The van der Waals surface area contributed by atoms with E-state index < -0.39 is 5.97 Å². The zero-order valence-electron chi connectivity index (χ0n) is 10.9. The number of halogens is 1. The highest BCUT2D eigenvalue weighted by Gasteiger charge is 2.33. The van der Waals surface area contributed by atoms with E-state index in [0.29, 0.717) is 17.5 Å². The summed E-state index contributed by atoms with van der Waals surface area (Å²) in [5.41, 5.74) is 0.936. The predicted octanol–water partition coefficient (Wildman–Crippen LogP) is 2.39. The highest BCUT2D eigenvalue weighted by atomic mass is 35.5. The highest BCUT2D eigenvalue weighted by Crippen LogP contribution is 2.33. The largest absolute Gasteiger partial charge is 0.481 e. The molecule has 0 aliphatic heterocycles. The molecule has 1 aliphatic rings. The van der Waals surface area contributed by atoms with Gasteiger partial charge in [0.1, 0.15) is 0 Å². The summed E-state index contributed by atoms with van der Waals surface area (Å²) in [6, 6.07) is 6.56. The van der Waals surface area contributed by atoms with Crippen molar-refractivity contribution < 1.29 is 14.7 Å². The topological polar surface area (TPSA) is 78.4 Å². The van der Waals surface area contributed by atoms with Crippen molar-refractivity contribution in [1.82, 2.24) is 10.6 Å². The van der Waals surface area contributed by atoms with Crippen LogP contribution < -0.4 is 10.6 Å². The maximum Gasteiger partial charge on any atom is 0.315 e. The van der Waals surface area contributed by atoms with Gasteiger partial charge in [-0.2, -0.15) is 0 Å². The monoisotopic (exact) mass is 296 g/mol. The van der Waals surface area contributed by atoms with Gasteiger partial charge in [0.2, 0.25) is 0 Å². The van der Waals surface area contributed by atoms with Crippen LogP contribution in [0, 0.1) is 5.92 Å². The fourth-order valence-electron chi connectivity index (χ4n) is 2.03. The van der Waals surface area contributed by atoms with E-state index in [1.165, 1.54) is 0 Å². The molecule has 1 saturated carbocycles. The van der Waals surface area contributed by atoms with Crippen LogP contribution in [0.2, 0.25) is 5.02 Å². The lowest BCUT2D eigenvalue weighted by Crippen LogP contribution is -2.43. The zero-order valence-corrected chi connectivity index (χ0v) is 11.7. The molecule has 2 rings (SSSR count). The fourth-order valence-corrected chi connectivity index (χ4v) is 2.15. The maximum absolute atomic E-state index is 11.8. The smallest absolute Gasteiger partial charge is 0.315 e. The summed E-state index contributed by atoms with van der Waals surface area (Å²) < 4.78 is 0. The minimum atomic E-state index is -0.889. The predicted molar refractivity (Wildman–Crippen MR) is 75.6 cm³/mol. The van der Waals surface area contributed by atoms with Crippen molar-refractivity contribution in [2.75, 3.05) is 0 Å². The SMILES string of the molecule is O=C(O)CC(NC(=O)NCc1ccc(Cl)cc1)C1CC1. The first-order valence-corrected chi connectivity index (χ1v) is 6.93. The van der Waals surface area contributed by atoms with Crippen molar-refractivity contribution >= 4 is 23.6 Å². The van der Waals surface area contributed by atoms with E-state index in [1.54, 1.807) is 12.1 Å². The quantitative estimate of drug-likeness (QED) is 0.754. The van der Waals surface area contributed by atoms with E-state index in [9.17, 15) is 9.59 Å². The molecule has 0 aromatic heterocycles. The van der Waals surface area contributed by atoms with E-state index in [1.807, 2.05) is 12.1 Å². The number of aliphatic carboxylic acids is 1. The Morgan fingerprint density at radius 1 is 1.30 bits per heavy atom. The lowest BCUT2D eigenvalue weighted by atomic mass is 10.1. The maximum atomic E-state index is 11.8. The summed E-state index contributed by atoms with van der Waals surface area (Å²) >= 11 is 5.78. The first-order valence-electron chi connectivity index (χ1n) is 6.55. The van der Waals surface area contributed by atoms with Gasteiger partial charge in [-0.15, -0.1) is 0 Å². The average molecular weight is 297 g/mol. The molecule has 1 aromatic rings. The van der Waals surface area contributed by atoms with Crippen molar-refractivity contribution in [3.8, 4) is 0 Å². The summed E-state index contributed by atoms with van der Waals surface area (Å²) in [6.45, 7) is 0.382. The molecule has 1 unspecified atom stereocenters. The molecule has 1 aliphatic carbocycles. The molecule has 5 nitrogen and oxygen atoms in total. The van der Waals surface area contributed by atoms with E-state index in [2.05, 4.69) is 10.6 Å². The third kappa shape index (κ3) is 4.74. The van der Waals surface area contributed by atoms with Crippen LogP contribution in [0.1, 0.15) is 24.8 Å². The number of carboxylic acids is 1. The molecule has 20 heavy (non-hydrogen) atoms. The van der Waals surface area contributed by atoms with Crippen LogP contribution in [-0.2, 0) is 11.3 Å². The van der Waals surface area contributed by atoms with E-state index >= 15 is 0 Å². The number of hydrogen-bond donors (Lipinski definition) is 3. The standard InChI is InChI=1S/C14H17ClN2O3/c15-11-5-1-9(2-6-11)8-16-14(20)17-12(7-13(18)19)10-3-4-10/h1-2,5-6,10,12H,3-4,7-8H2,(H,18,19)(H2,16,17,20). The summed E-state index contributed by atoms with van der Waals surface area (Å²) in [6.07, 6.45) is 1.93. The van der Waals surface area contributed by atoms with Gasteiger partial charge in [-0.3, -0.25) is 4.79 Å². The van der Waals surface area contributed by atoms with Crippen LogP contribution in [0.15, 0.2) is 24.3 Å². The van der Waals surface area contributed by atoms with Crippen LogP contribution >= 0.6 is 11.6 Å². The molecule has 2 amide bonds. The molecular weight excluding hydrogens is 280 g/mol. The van der Waals surface area contributed by atoms with Gasteiger partial charge in [0.05, 0.1) is 6.42 Å². The Labute approximate surface area is 122 Å². The summed E-state index contributed by atoms with van der Waals surface area (Å²) in [5.74, 6) is -0.590. The van der Waals surface area contributed by atoms with Gasteiger partial charge < -0.3 is 15.7 Å². The van der Waals surface area contributed by atoms with Gasteiger partial charge in [-0.05, 0) is 36.5 Å². The zero-order chi connectivity index (χ0) is 14.5. The van der Waals surface area contributed by atoms with Crippen LogP contribution in [0.5, 0.6) is 0 Å². The number of rotatable bonds is 6. The molecule has 0 radical (unpaired) electrons. The highest BCUT2D eigenvalue weighted by molar-refractivity contribution is 6.30. The second-order valence-corrected chi connectivity index (χ2v) is 5.43. The first kappa shape index (κ1) is 14.7. The van der Waals surface area contributed by atoms with Gasteiger partial charge >= 0.3 is 12.0 Å². The van der Waals surface area contributed by atoms with Crippen molar-refractivity contribution in [3.05, 3.63) is 34.9 Å². The second-order valence-electron chi connectivity index (χ2n) is 5.00. The second kappa shape index (κ2) is 6.61. The molecule has 1 aromatic carbocycles. The van der Waals surface area contributed by atoms with Crippen molar-refractivity contribution in [1.29, 1.82) is 0 Å². The number of nitrogens with one attached hydrogen (secondary N) is 2. The number of carbonyl (C=O) groups is 2. The van der Waals surface area contributed by atoms with E-state index in [-0.39, 0.29) is 18.5 Å². The van der Waals surface area contributed by atoms with Gasteiger partial charge in [0, 0.05) is 17.6 Å². The number of urea groups is 1. The van der Waals surface area contributed by atoms with Crippen LogP contribution in [0.4, 0.5) is 4.79 Å². The average Bonchev–Trinajstić information content (AvgIpc) is 3.21. The van der Waals surface area contributed by atoms with E-state index in [0.717, 1.165) is 18.4 Å².